The van der Waals surface area contributed by atoms with Crippen molar-refractivity contribution < 1.29 is 14.3 Å². The Morgan fingerprint density at radius 2 is 1.86 bits per heavy atom. The van der Waals surface area contributed by atoms with E-state index in [0.29, 0.717) is 23.4 Å². The summed E-state index contributed by atoms with van der Waals surface area (Å²) in [6.45, 7) is 5.82. The molecule has 3 nitrogen and oxygen atoms in total. The van der Waals surface area contributed by atoms with E-state index < -0.39 is 0 Å². The molecule has 0 aliphatic heterocycles. The number of hydrogen-bond acceptors (Lipinski definition) is 2. The molecule has 110 valence electrons. The summed E-state index contributed by atoms with van der Waals surface area (Å²) in [5.41, 5.74) is 2.41. The number of benzene rings is 2. The number of amides is 1. The lowest BCUT2D eigenvalue weighted by Crippen LogP contribution is -2.31. The van der Waals surface area contributed by atoms with Crippen molar-refractivity contribution in [3.05, 3.63) is 58.9 Å². The maximum atomic E-state index is 13.3. The minimum atomic E-state index is -0.330. The van der Waals surface area contributed by atoms with E-state index in [1.165, 1.54) is 12.1 Å². The average Bonchev–Trinajstić information content (AvgIpc) is 2.46. The topological polar surface area (TPSA) is 40.5 Å². The number of carbonyl (C=O) groups excluding carboxylic acids is 1. The Hall–Kier alpha value is -2.36. The van der Waals surface area contributed by atoms with E-state index in [1.807, 2.05) is 13.8 Å². The summed E-state index contributed by atoms with van der Waals surface area (Å²) in [6.07, 6.45) is 0. The van der Waals surface area contributed by atoms with Crippen molar-refractivity contribution in [2.24, 2.45) is 0 Å². The zero-order chi connectivity index (χ0) is 15.6. The van der Waals surface area contributed by atoms with Crippen LogP contribution in [0.5, 0.6) is 5.75 Å². The molecule has 0 aliphatic rings. The van der Waals surface area contributed by atoms with Crippen molar-refractivity contribution in [1.29, 1.82) is 0 Å². The lowest BCUT2D eigenvalue weighted by atomic mass is 10.1. The Labute approximate surface area is 123 Å². The minimum Gasteiger partial charge on any atom is -0.508 e. The molecule has 0 aliphatic carbocycles. The number of anilines is 1. The van der Waals surface area contributed by atoms with Gasteiger partial charge >= 0.3 is 0 Å². The lowest BCUT2D eigenvalue weighted by Gasteiger charge is -2.23. The lowest BCUT2D eigenvalue weighted by molar-refractivity contribution is 0.0988. The Morgan fingerprint density at radius 3 is 2.48 bits per heavy atom. The van der Waals surface area contributed by atoms with Crippen LogP contribution in [0.1, 0.15) is 28.4 Å². The number of aromatic hydroxyl groups is 1. The number of rotatable bonds is 3. The highest BCUT2D eigenvalue weighted by molar-refractivity contribution is 6.06. The van der Waals surface area contributed by atoms with Crippen molar-refractivity contribution in [3.63, 3.8) is 0 Å². The van der Waals surface area contributed by atoms with Gasteiger partial charge in [0.25, 0.3) is 5.91 Å². The zero-order valence-corrected chi connectivity index (χ0v) is 12.4. The quantitative estimate of drug-likeness (QED) is 0.932. The van der Waals surface area contributed by atoms with Gasteiger partial charge < -0.3 is 10.0 Å². The van der Waals surface area contributed by atoms with Crippen molar-refractivity contribution in [2.45, 2.75) is 20.8 Å². The van der Waals surface area contributed by atoms with Crippen molar-refractivity contribution >= 4 is 11.6 Å². The van der Waals surface area contributed by atoms with Crippen LogP contribution in [0.3, 0.4) is 0 Å². The fourth-order valence-corrected chi connectivity index (χ4v) is 2.25. The smallest absolute Gasteiger partial charge is 0.258 e. The molecular weight excluding hydrogens is 269 g/mol. The predicted molar refractivity (Wildman–Crippen MR) is 81.3 cm³/mol. The molecule has 0 saturated heterocycles. The van der Waals surface area contributed by atoms with E-state index in [4.69, 9.17) is 0 Å². The Kier molecular flexibility index (Phi) is 4.26. The second-order valence-electron chi connectivity index (χ2n) is 4.98. The fourth-order valence-electron chi connectivity index (χ4n) is 2.25. The van der Waals surface area contributed by atoms with Crippen LogP contribution in [-0.2, 0) is 0 Å². The minimum absolute atomic E-state index is 0.108. The van der Waals surface area contributed by atoms with Crippen LogP contribution in [0.2, 0.25) is 0 Å². The number of nitrogens with zero attached hydrogens (tertiary/aromatic N) is 1. The number of carbonyl (C=O) groups is 1. The summed E-state index contributed by atoms with van der Waals surface area (Å²) in [7, 11) is 0. The molecular formula is C17H18FNO2. The maximum Gasteiger partial charge on any atom is 0.258 e. The summed E-state index contributed by atoms with van der Waals surface area (Å²) >= 11 is 0. The molecule has 0 radical (unpaired) electrons. The summed E-state index contributed by atoms with van der Waals surface area (Å²) in [4.78, 5) is 14.2. The summed E-state index contributed by atoms with van der Waals surface area (Å²) < 4.78 is 13.3. The summed E-state index contributed by atoms with van der Waals surface area (Å²) in [5, 5.41) is 9.63. The van der Waals surface area contributed by atoms with Crippen LogP contribution >= 0.6 is 0 Å². The first-order valence-corrected chi connectivity index (χ1v) is 6.81. The van der Waals surface area contributed by atoms with Gasteiger partial charge in [0.15, 0.2) is 0 Å². The van der Waals surface area contributed by atoms with Gasteiger partial charge in [0.2, 0.25) is 0 Å². The average molecular weight is 287 g/mol. The second kappa shape index (κ2) is 5.95. The largest absolute Gasteiger partial charge is 0.508 e. The number of hydrogen-bond donors (Lipinski definition) is 1. The molecule has 0 unspecified atom stereocenters. The number of halogens is 1. The molecule has 1 amide bonds. The SMILES string of the molecule is CCN(C(=O)c1ccc(F)c(C)c1)c1cc(O)ccc1C. The molecule has 0 spiro atoms. The molecule has 0 saturated carbocycles. The van der Waals surface area contributed by atoms with Crippen LogP contribution in [0.4, 0.5) is 10.1 Å². The Morgan fingerprint density at radius 1 is 1.14 bits per heavy atom. The van der Waals surface area contributed by atoms with Crippen LogP contribution in [0.25, 0.3) is 0 Å². The van der Waals surface area contributed by atoms with Gasteiger partial charge in [-0.05, 0) is 56.2 Å². The molecule has 2 aromatic rings. The zero-order valence-electron chi connectivity index (χ0n) is 12.4. The van der Waals surface area contributed by atoms with E-state index in [2.05, 4.69) is 0 Å². The molecule has 2 aromatic carbocycles. The van der Waals surface area contributed by atoms with Crippen molar-refractivity contribution in [2.75, 3.05) is 11.4 Å². The molecule has 0 aromatic heterocycles. The first-order valence-electron chi connectivity index (χ1n) is 6.81. The van der Waals surface area contributed by atoms with E-state index >= 15 is 0 Å². The normalized spacial score (nSPS) is 10.5. The van der Waals surface area contributed by atoms with Crippen LogP contribution in [0.15, 0.2) is 36.4 Å². The fraction of sp³-hybridized carbons (Fsp3) is 0.235. The molecule has 0 heterocycles. The highest BCUT2D eigenvalue weighted by Gasteiger charge is 2.18. The van der Waals surface area contributed by atoms with Gasteiger partial charge in [-0.2, -0.15) is 0 Å². The molecule has 4 heteroatoms. The van der Waals surface area contributed by atoms with E-state index in [0.717, 1.165) is 5.56 Å². The molecule has 0 fully saturated rings. The molecule has 21 heavy (non-hydrogen) atoms. The number of aryl methyl sites for hydroxylation is 2. The Balaban J connectivity index is 2.43. The third kappa shape index (κ3) is 3.05. The van der Waals surface area contributed by atoms with E-state index in [9.17, 15) is 14.3 Å². The van der Waals surface area contributed by atoms with Crippen molar-refractivity contribution in [1.82, 2.24) is 0 Å². The van der Waals surface area contributed by atoms with Gasteiger partial charge in [-0.1, -0.05) is 6.07 Å². The summed E-state index contributed by atoms with van der Waals surface area (Å²) in [5.74, 6) is -0.436. The molecule has 0 bridgehead atoms. The summed E-state index contributed by atoms with van der Waals surface area (Å²) in [6, 6.07) is 9.22. The molecule has 2 rings (SSSR count). The van der Waals surface area contributed by atoms with Gasteiger partial charge in [-0.25, -0.2) is 4.39 Å². The second-order valence-corrected chi connectivity index (χ2v) is 4.98. The first-order chi connectivity index (χ1) is 9.93. The van der Waals surface area contributed by atoms with Gasteiger partial charge in [-0.3, -0.25) is 4.79 Å². The van der Waals surface area contributed by atoms with Gasteiger partial charge in [0, 0.05) is 18.2 Å². The maximum absolute atomic E-state index is 13.3. The third-order valence-electron chi connectivity index (χ3n) is 3.45. The van der Waals surface area contributed by atoms with Crippen molar-refractivity contribution in [3.8, 4) is 5.75 Å². The highest BCUT2D eigenvalue weighted by atomic mass is 19.1. The molecule has 0 atom stereocenters. The third-order valence-corrected chi connectivity index (χ3v) is 3.45. The predicted octanol–water partition coefficient (Wildman–Crippen LogP) is 3.81. The highest BCUT2D eigenvalue weighted by Crippen LogP contribution is 2.26. The van der Waals surface area contributed by atoms with Crippen LogP contribution in [-0.4, -0.2) is 17.6 Å². The molecule has 1 N–H and O–H groups in total. The van der Waals surface area contributed by atoms with Gasteiger partial charge in [0.1, 0.15) is 11.6 Å². The first kappa shape index (κ1) is 15.0. The van der Waals surface area contributed by atoms with E-state index in [-0.39, 0.29) is 17.5 Å². The van der Waals surface area contributed by atoms with Crippen LogP contribution in [0, 0.1) is 19.7 Å². The van der Waals surface area contributed by atoms with E-state index in [1.54, 1.807) is 36.1 Å². The van der Waals surface area contributed by atoms with Crippen LogP contribution < -0.4 is 4.90 Å². The monoisotopic (exact) mass is 287 g/mol. The number of phenolic OH excluding ortho intramolecular Hbond substituents is 1. The van der Waals surface area contributed by atoms with Gasteiger partial charge in [-0.15, -0.1) is 0 Å². The standard InChI is InChI=1S/C17H18FNO2/c1-4-19(16-10-14(20)7-5-11(16)2)17(21)13-6-8-15(18)12(3)9-13/h5-10,20H,4H2,1-3H3. The van der Waals surface area contributed by atoms with Gasteiger partial charge in [0.05, 0.1) is 5.69 Å². The Bertz CT molecular complexity index is 682. The number of phenols is 1.